The summed E-state index contributed by atoms with van der Waals surface area (Å²) >= 11 is 0. The molecule has 0 aromatic heterocycles. The first kappa shape index (κ1) is 11.3. The van der Waals surface area contributed by atoms with Crippen LogP contribution in [0.1, 0.15) is 33.1 Å². The van der Waals surface area contributed by atoms with Gasteiger partial charge in [0, 0.05) is 18.8 Å². The monoisotopic (exact) mass is 193 g/mol. The van der Waals surface area contributed by atoms with Crippen LogP contribution in [-0.2, 0) is 4.79 Å². The van der Waals surface area contributed by atoms with Crippen molar-refractivity contribution in [3.05, 3.63) is 0 Å². The zero-order valence-electron chi connectivity index (χ0n) is 9.10. The molecule has 2 heteroatoms. The van der Waals surface area contributed by atoms with Crippen molar-refractivity contribution in [2.75, 3.05) is 13.1 Å². The molecule has 1 aliphatic rings. The Balaban J connectivity index is 2.36. The molecule has 2 atom stereocenters. The minimum atomic E-state index is 0.273. The Morgan fingerprint density at radius 3 is 3.00 bits per heavy atom. The Labute approximate surface area is 86.5 Å². The molecule has 14 heavy (non-hydrogen) atoms. The molecule has 0 bridgehead atoms. The van der Waals surface area contributed by atoms with Crippen LogP contribution in [0.3, 0.4) is 0 Å². The van der Waals surface area contributed by atoms with Gasteiger partial charge in [-0.05, 0) is 32.4 Å². The van der Waals surface area contributed by atoms with Gasteiger partial charge in [-0.3, -0.25) is 4.79 Å². The Morgan fingerprint density at radius 2 is 2.36 bits per heavy atom. The number of nitrogens with one attached hydrogen (secondary N) is 1. The number of hydrogen-bond acceptors (Lipinski definition) is 2. The zero-order chi connectivity index (χ0) is 10.4. The minimum Gasteiger partial charge on any atom is -0.316 e. The third-order valence-corrected chi connectivity index (χ3v) is 2.87. The fourth-order valence-corrected chi connectivity index (χ4v) is 1.99. The van der Waals surface area contributed by atoms with E-state index in [4.69, 9.17) is 0 Å². The first-order chi connectivity index (χ1) is 6.75. The van der Waals surface area contributed by atoms with Crippen molar-refractivity contribution >= 4 is 5.78 Å². The topological polar surface area (TPSA) is 29.1 Å². The van der Waals surface area contributed by atoms with Gasteiger partial charge in [0.15, 0.2) is 0 Å². The predicted molar refractivity (Wildman–Crippen MR) is 57.8 cm³/mol. The third-order valence-electron chi connectivity index (χ3n) is 2.87. The molecular formula is C12H19NO. The quantitative estimate of drug-likeness (QED) is 0.690. The van der Waals surface area contributed by atoms with Crippen molar-refractivity contribution in [3.63, 3.8) is 0 Å². The zero-order valence-corrected chi connectivity index (χ0v) is 9.10. The Kier molecular flexibility index (Phi) is 4.69. The Hall–Kier alpha value is -0.810. The van der Waals surface area contributed by atoms with E-state index in [0.29, 0.717) is 18.1 Å². The summed E-state index contributed by atoms with van der Waals surface area (Å²) < 4.78 is 0. The van der Waals surface area contributed by atoms with Crippen LogP contribution in [-0.4, -0.2) is 18.9 Å². The van der Waals surface area contributed by atoms with Gasteiger partial charge in [0.05, 0.1) is 0 Å². The van der Waals surface area contributed by atoms with Crippen molar-refractivity contribution < 1.29 is 4.79 Å². The van der Waals surface area contributed by atoms with E-state index in [0.717, 1.165) is 25.9 Å². The van der Waals surface area contributed by atoms with E-state index in [2.05, 4.69) is 24.1 Å². The summed E-state index contributed by atoms with van der Waals surface area (Å²) in [5.74, 6) is 6.94. The molecule has 0 amide bonds. The van der Waals surface area contributed by atoms with E-state index >= 15 is 0 Å². The number of rotatable bonds is 3. The summed E-state index contributed by atoms with van der Waals surface area (Å²) in [7, 11) is 0. The number of Topliss-reactive ketones (excluding diaryl/α,β-unsaturated/α-hetero) is 1. The summed E-state index contributed by atoms with van der Waals surface area (Å²) in [5.41, 5.74) is 0. The van der Waals surface area contributed by atoms with Gasteiger partial charge in [-0.1, -0.05) is 6.92 Å². The summed E-state index contributed by atoms with van der Waals surface area (Å²) in [6.07, 6.45) is 2.36. The molecule has 1 N–H and O–H groups in total. The number of hydrogen-bond donors (Lipinski definition) is 1. The molecule has 78 valence electrons. The molecule has 1 aliphatic heterocycles. The van der Waals surface area contributed by atoms with Gasteiger partial charge in [-0.15, -0.1) is 11.8 Å². The second-order valence-corrected chi connectivity index (χ2v) is 3.97. The molecule has 2 unspecified atom stereocenters. The smallest absolute Gasteiger partial charge is 0.137 e. The SMILES string of the molecule is CC#CCCC(=O)C1CCNCC1C. The fraction of sp³-hybridized carbons (Fsp3) is 0.750. The van der Waals surface area contributed by atoms with E-state index in [9.17, 15) is 4.79 Å². The summed E-state index contributed by atoms with van der Waals surface area (Å²) in [6, 6.07) is 0. The molecule has 0 aromatic carbocycles. The maximum Gasteiger partial charge on any atom is 0.137 e. The highest BCUT2D eigenvalue weighted by Crippen LogP contribution is 2.21. The van der Waals surface area contributed by atoms with E-state index in [1.165, 1.54) is 0 Å². The van der Waals surface area contributed by atoms with Crippen LogP contribution in [0.25, 0.3) is 0 Å². The standard InChI is InChI=1S/C12H19NO/c1-3-4-5-6-12(14)11-7-8-13-9-10(11)2/h10-11,13H,5-9H2,1-2H3. The molecule has 1 rings (SSSR count). The molecule has 1 heterocycles. The predicted octanol–water partition coefficient (Wildman–Crippen LogP) is 1.60. The van der Waals surface area contributed by atoms with Crippen LogP contribution in [0.4, 0.5) is 0 Å². The highest BCUT2D eigenvalue weighted by Gasteiger charge is 2.26. The van der Waals surface area contributed by atoms with Gasteiger partial charge in [-0.25, -0.2) is 0 Å². The highest BCUT2D eigenvalue weighted by atomic mass is 16.1. The Bertz CT molecular complexity index is 249. The lowest BCUT2D eigenvalue weighted by Gasteiger charge is -2.28. The molecule has 0 radical (unpaired) electrons. The van der Waals surface area contributed by atoms with Gasteiger partial charge in [0.1, 0.15) is 5.78 Å². The molecule has 0 spiro atoms. The molecule has 1 fully saturated rings. The van der Waals surface area contributed by atoms with E-state index in [1.807, 2.05) is 6.92 Å². The summed E-state index contributed by atoms with van der Waals surface area (Å²) in [6.45, 7) is 5.94. The average Bonchev–Trinajstić information content (AvgIpc) is 2.18. The molecule has 0 aliphatic carbocycles. The van der Waals surface area contributed by atoms with Crippen LogP contribution in [0.2, 0.25) is 0 Å². The molecule has 0 saturated carbocycles. The lowest BCUT2D eigenvalue weighted by atomic mass is 9.83. The third kappa shape index (κ3) is 3.16. The number of ketones is 1. The first-order valence-corrected chi connectivity index (χ1v) is 5.38. The van der Waals surface area contributed by atoms with Gasteiger partial charge < -0.3 is 5.32 Å². The maximum atomic E-state index is 11.8. The lowest BCUT2D eigenvalue weighted by Crippen LogP contribution is -2.38. The lowest BCUT2D eigenvalue weighted by molar-refractivity contribution is -0.124. The van der Waals surface area contributed by atoms with E-state index in [-0.39, 0.29) is 5.92 Å². The van der Waals surface area contributed by atoms with Gasteiger partial charge >= 0.3 is 0 Å². The average molecular weight is 193 g/mol. The van der Waals surface area contributed by atoms with Crippen LogP contribution in [0, 0.1) is 23.7 Å². The fourth-order valence-electron chi connectivity index (χ4n) is 1.99. The molecule has 1 saturated heterocycles. The maximum absolute atomic E-state index is 11.8. The van der Waals surface area contributed by atoms with Crippen molar-refractivity contribution in [2.24, 2.45) is 11.8 Å². The number of piperidine rings is 1. The van der Waals surface area contributed by atoms with Gasteiger partial charge in [0.25, 0.3) is 0 Å². The van der Waals surface area contributed by atoms with Crippen LogP contribution >= 0.6 is 0 Å². The largest absolute Gasteiger partial charge is 0.316 e. The van der Waals surface area contributed by atoms with Crippen molar-refractivity contribution in [1.82, 2.24) is 5.32 Å². The first-order valence-electron chi connectivity index (χ1n) is 5.38. The van der Waals surface area contributed by atoms with Crippen LogP contribution in [0.15, 0.2) is 0 Å². The minimum absolute atomic E-state index is 0.273. The molecular weight excluding hydrogens is 174 g/mol. The summed E-state index contributed by atoms with van der Waals surface area (Å²) in [5, 5.41) is 3.31. The normalized spacial score (nSPS) is 26.4. The van der Waals surface area contributed by atoms with E-state index < -0.39 is 0 Å². The highest BCUT2D eigenvalue weighted by molar-refractivity contribution is 5.81. The van der Waals surface area contributed by atoms with Crippen molar-refractivity contribution in [2.45, 2.75) is 33.1 Å². The van der Waals surface area contributed by atoms with Gasteiger partial charge in [0.2, 0.25) is 0 Å². The van der Waals surface area contributed by atoms with Crippen molar-refractivity contribution in [1.29, 1.82) is 0 Å². The van der Waals surface area contributed by atoms with Crippen LogP contribution < -0.4 is 5.32 Å². The van der Waals surface area contributed by atoms with Crippen LogP contribution in [0.5, 0.6) is 0 Å². The number of carbonyl (C=O) groups is 1. The second-order valence-electron chi connectivity index (χ2n) is 3.97. The van der Waals surface area contributed by atoms with E-state index in [1.54, 1.807) is 0 Å². The van der Waals surface area contributed by atoms with Gasteiger partial charge in [-0.2, -0.15) is 0 Å². The number of carbonyl (C=O) groups excluding carboxylic acids is 1. The Morgan fingerprint density at radius 1 is 1.57 bits per heavy atom. The molecule has 0 aromatic rings. The summed E-state index contributed by atoms with van der Waals surface area (Å²) in [4.78, 5) is 11.8. The second kappa shape index (κ2) is 5.82. The molecule has 2 nitrogen and oxygen atoms in total. The van der Waals surface area contributed by atoms with Crippen molar-refractivity contribution in [3.8, 4) is 11.8 Å².